The predicted molar refractivity (Wildman–Crippen MR) is 69.5 cm³/mol. The molecular formula is C14H27NO. The molecule has 0 aliphatic heterocycles. The van der Waals surface area contributed by atoms with Crippen LogP contribution in [0.4, 0.5) is 0 Å². The summed E-state index contributed by atoms with van der Waals surface area (Å²) in [5.41, 5.74) is 0. The van der Waals surface area contributed by atoms with Gasteiger partial charge >= 0.3 is 0 Å². The van der Waals surface area contributed by atoms with E-state index in [1.165, 1.54) is 38.5 Å². The number of hydrogen-bond acceptors (Lipinski definition) is 2. The van der Waals surface area contributed by atoms with Crippen molar-refractivity contribution in [1.29, 1.82) is 0 Å². The third-order valence-electron chi connectivity index (χ3n) is 3.79. The van der Waals surface area contributed by atoms with Gasteiger partial charge in [0.05, 0.1) is 0 Å². The van der Waals surface area contributed by atoms with Gasteiger partial charge < -0.3 is 10.4 Å². The number of rotatable bonds is 7. The summed E-state index contributed by atoms with van der Waals surface area (Å²) in [6.45, 7) is 6.40. The molecule has 2 N–H and O–H groups in total. The van der Waals surface area contributed by atoms with E-state index in [1.54, 1.807) is 0 Å². The van der Waals surface area contributed by atoms with E-state index in [2.05, 4.69) is 18.8 Å². The van der Waals surface area contributed by atoms with E-state index in [-0.39, 0.29) is 0 Å². The summed E-state index contributed by atoms with van der Waals surface area (Å²) < 4.78 is 0. The predicted octanol–water partition coefficient (Wildman–Crippen LogP) is 2.87. The van der Waals surface area contributed by atoms with E-state index >= 15 is 0 Å². The fourth-order valence-electron chi connectivity index (χ4n) is 2.57. The maximum Gasteiger partial charge on any atom is 0.0459 e. The molecule has 0 aromatic carbocycles. The third kappa shape index (κ3) is 4.67. The van der Waals surface area contributed by atoms with Gasteiger partial charge in [-0.1, -0.05) is 13.0 Å². The van der Waals surface area contributed by atoms with Crippen molar-refractivity contribution in [2.45, 2.75) is 64.0 Å². The molecular weight excluding hydrogens is 198 g/mol. The average molecular weight is 225 g/mol. The largest absolute Gasteiger partial charge is 0.396 e. The first-order valence-electron chi connectivity index (χ1n) is 6.77. The lowest BCUT2D eigenvalue weighted by molar-refractivity contribution is 0.170. The molecule has 0 saturated heterocycles. The molecule has 0 bridgehead atoms. The van der Waals surface area contributed by atoms with Gasteiger partial charge in [-0.05, 0) is 50.9 Å². The first-order valence-corrected chi connectivity index (χ1v) is 6.77. The number of aliphatic hydroxyl groups excluding tert-OH is 1. The van der Waals surface area contributed by atoms with Gasteiger partial charge in [0.15, 0.2) is 0 Å². The number of aliphatic hydroxyl groups is 1. The van der Waals surface area contributed by atoms with Crippen molar-refractivity contribution in [2.24, 2.45) is 5.92 Å². The molecule has 1 fully saturated rings. The molecule has 2 heteroatoms. The highest BCUT2D eigenvalue weighted by Gasteiger charge is 2.21. The molecule has 94 valence electrons. The molecule has 1 rings (SSSR count). The Morgan fingerprint density at radius 1 is 1.38 bits per heavy atom. The molecule has 0 radical (unpaired) electrons. The van der Waals surface area contributed by atoms with E-state index in [0.29, 0.717) is 24.6 Å². The highest BCUT2D eigenvalue weighted by molar-refractivity contribution is 4.81. The molecule has 1 unspecified atom stereocenters. The van der Waals surface area contributed by atoms with Crippen LogP contribution >= 0.6 is 0 Å². The summed E-state index contributed by atoms with van der Waals surface area (Å²) >= 11 is 0. The lowest BCUT2D eigenvalue weighted by atomic mass is 9.86. The summed E-state index contributed by atoms with van der Waals surface area (Å²) in [6.07, 6.45) is 10.4. The second kappa shape index (κ2) is 7.86. The van der Waals surface area contributed by atoms with Crippen molar-refractivity contribution < 1.29 is 5.11 Å². The van der Waals surface area contributed by atoms with E-state index in [9.17, 15) is 0 Å². The van der Waals surface area contributed by atoms with Crippen LogP contribution in [-0.4, -0.2) is 23.8 Å². The normalized spacial score (nSPS) is 27.6. The van der Waals surface area contributed by atoms with Crippen molar-refractivity contribution in [1.82, 2.24) is 5.32 Å². The zero-order chi connectivity index (χ0) is 11.8. The van der Waals surface area contributed by atoms with Crippen molar-refractivity contribution in [2.75, 3.05) is 6.61 Å². The van der Waals surface area contributed by atoms with Gasteiger partial charge in [-0.2, -0.15) is 0 Å². The molecule has 0 aromatic rings. The van der Waals surface area contributed by atoms with Crippen LogP contribution in [0.1, 0.15) is 51.9 Å². The van der Waals surface area contributed by atoms with Crippen LogP contribution < -0.4 is 5.32 Å². The Kier molecular flexibility index (Phi) is 6.74. The summed E-state index contributed by atoms with van der Waals surface area (Å²) in [5, 5.41) is 12.8. The Bertz CT molecular complexity index is 185. The topological polar surface area (TPSA) is 32.3 Å². The molecule has 0 heterocycles. The van der Waals surface area contributed by atoms with E-state index in [1.807, 2.05) is 6.08 Å². The molecule has 0 amide bonds. The molecule has 1 aliphatic rings. The smallest absolute Gasteiger partial charge is 0.0459 e. The number of hydrogen-bond donors (Lipinski definition) is 2. The lowest BCUT2D eigenvalue weighted by Gasteiger charge is -2.31. The highest BCUT2D eigenvalue weighted by atomic mass is 16.3. The quantitative estimate of drug-likeness (QED) is 0.653. The number of allylic oxidation sites excluding steroid dienone is 1. The summed E-state index contributed by atoms with van der Waals surface area (Å²) in [4.78, 5) is 0. The summed E-state index contributed by atoms with van der Waals surface area (Å²) in [5.74, 6) is 0.561. The first-order chi connectivity index (χ1) is 7.80. The summed E-state index contributed by atoms with van der Waals surface area (Å²) in [7, 11) is 0. The molecule has 1 saturated carbocycles. The standard InChI is InChI=1S/C14H27NO/c1-3-5-6-13(4-2)15-14-9-7-12(11-16)8-10-14/h3,12-16H,1,4-11H2,2H3. The van der Waals surface area contributed by atoms with Crippen LogP contribution in [0.3, 0.4) is 0 Å². The van der Waals surface area contributed by atoms with E-state index in [4.69, 9.17) is 5.11 Å². The second-order valence-electron chi connectivity index (χ2n) is 5.04. The minimum Gasteiger partial charge on any atom is -0.396 e. The van der Waals surface area contributed by atoms with Crippen LogP contribution in [0, 0.1) is 5.92 Å². The van der Waals surface area contributed by atoms with Gasteiger partial charge in [0.25, 0.3) is 0 Å². The zero-order valence-corrected chi connectivity index (χ0v) is 10.6. The molecule has 2 nitrogen and oxygen atoms in total. The van der Waals surface area contributed by atoms with Gasteiger partial charge in [-0.3, -0.25) is 0 Å². The maximum absolute atomic E-state index is 9.09. The second-order valence-corrected chi connectivity index (χ2v) is 5.04. The van der Waals surface area contributed by atoms with Crippen molar-refractivity contribution in [3.8, 4) is 0 Å². The Hall–Kier alpha value is -0.340. The fourth-order valence-corrected chi connectivity index (χ4v) is 2.57. The Morgan fingerprint density at radius 2 is 2.06 bits per heavy atom. The monoisotopic (exact) mass is 225 g/mol. The third-order valence-corrected chi connectivity index (χ3v) is 3.79. The van der Waals surface area contributed by atoms with Crippen LogP contribution in [0.5, 0.6) is 0 Å². The SMILES string of the molecule is C=CCCC(CC)NC1CCC(CO)CC1. The molecule has 1 atom stereocenters. The minimum atomic E-state index is 0.375. The minimum absolute atomic E-state index is 0.375. The number of nitrogens with one attached hydrogen (secondary N) is 1. The van der Waals surface area contributed by atoms with E-state index in [0.717, 1.165) is 6.42 Å². The fraction of sp³-hybridized carbons (Fsp3) is 0.857. The lowest BCUT2D eigenvalue weighted by Crippen LogP contribution is -2.40. The Labute approximate surface area is 100 Å². The maximum atomic E-state index is 9.09. The molecule has 1 aliphatic carbocycles. The van der Waals surface area contributed by atoms with Gasteiger partial charge in [-0.25, -0.2) is 0 Å². The van der Waals surface area contributed by atoms with Crippen LogP contribution in [0.15, 0.2) is 12.7 Å². The van der Waals surface area contributed by atoms with Gasteiger partial charge in [0, 0.05) is 18.7 Å². The Morgan fingerprint density at radius 3 is 2.56 bits per heavy atom. The van der Waals surface area contributed by atoms with Crippen molar-refractivity contribution in [3.63, 3.8) is 0 Å². The van der Waals surface area contributed by atoms with Crippen LogP contribution in [-0.2, 0) is 0 Å². The van der Waals surface area contributed by atoms with Gasteiger partial charge in [-0.15, -0.1) is 6.58 Å². The van der Waals surface area contributed by atoms with Gasteiger partial charge in [0.2, 0.25) is 0 Å². The van der Waals surface area contributed by atoms with Crippen LogP contribution in [0.2, 0.25) is 0 Å². The molecule has 0 spiro atoms. The van der Waals surface area contributed by atoms with Crippen molar-refractivity contribution >= 4 is 0 Å². The average Bonchev–Trinajstić information content (AvgIpc) is 2.35. The Balaban J connectivity index is 2.22. The summed E-state index contributed by atoms with van der Waals surface area (Å²) in [6, 6.07) is 1.33. The van der Waals surface area contributed by atoms with Gasteiger partial charge in [0.1, 0.15) is 0 Å². The van der Waals surface area contributed by atoms with E-state index < -0.39 is 0 Å². The molecule has 16 heavy (non-hydrogen) atoms. The zero-order valence-electron chi connectivity index (χ0n) is 10.6. The van der Waals surface area contributed by atoms with Crippen molar-refractivity contribution in [3.05, 3.63) is 12.7 Å². The highest BCUT2D eigenvalue weighted by Crippen LogP contribution is 2.24. The first kappa shape index (κ1) is 13.7. The van der Waals surface area contributed by atoms with Crippen LogP contribution in [0.25, 0.3) is 0 Å². The molecule has 0 aromatic heterocycles.